The molecule has 1 unspecified atom stereocenters. The summed E-state index contributed by atoms with van der Waals surface area (Å²) in [6.07, 6.45) is 0. The minimum atomic E-state index is -0.308. The van der Waals surface area contributed by atoms with E-state index in [2.05, 4.69) is 10.5 Å². The first kappa shape index (κ1) is 14.3. The molecule has 6 nitrogen and oxygen atoms in total. The predicted octanol–water partition coefficient (Wildman–Crippen LogP) is 2.53. The molecule has 0 aliphatic carbocycles. The van der Waals surface area contributed by atoms with Crippen LogP contribution in [-0.4, -0.2) is 23.5 Å². The van der Waals surface area contributed by atoms with Crippen molar-refractivity contribution in [2.24, 2.45) is 5.92 Å². The average molecular weight is 299 g/mol. The Labute approximate surface area is 128 Å². The predicted molar refractivity (Wildman–Crippen MR) is 81.9 cm³/mol. The maximum atomic E-state index is 13.0. The fourth-order valence-corrected chi connectivity index (χ4v) is 2.64. The summed E-state index contributed by atoms with van der Waals surface area (Å²) in [5, 5.41) is 6.70. The molecule has 0 bridgehead atoms. The van der Waals surface area contributed by atoms with Gasteiger partial charge in [-0.3, -0.25) is 9.59 Å². The lowest BCUT2D eigenvalue weighted by Gasteiger charge is -2.23. The molecule has 0 saturated carbocycles. The summed E-state index contributed by atoms with van der Waals surface area (Å²) >= 11 is 0. The lowest BCUT2D eigenvalue weighted by molar-refractivity contribution is -0.119. The third-order valence-electron chi connectivity index (χ3n) is 3.85. The van der Waals surface area contributed by atoms with Gasteiger partial charge in [0.15, 0.2) is 0 Å². The standard InChI is InChI=1S/C16H17N3O3/c1-9-8-19(16(21)14-10(2)18-22-11(14)3)13-7-5-4-6-12(13)17-15(9)20/h4-7,9H,8H2,1-3H3,(H,17,20). The number of carbonyl (C=O) groups excluding carboxylic acids is 2. The first-order valence-electron chi connectivity index (χ1n) is 7.13. The van der Waals surface area contributed by atoms with Crippen LogP contribution in [-0.2, 0) is 4.79 Å². The number of fused-ring (bicyclic) bond motifs is 1. The van der Waals surface area contributed by atoms with E-state index < -0.39 is 0 Å². The van der Waals surface area contributed by atoms with E-state index in [1.165, 1.54) is 0 Å². The van der Waals surface area contributed by atoms with Crippen LogP contribution in [0.1, 0.15) is 28.7 Å². The van der Waals surface area contributed by atoms with Crippen LogP contribution in [0.15, 0.2) is 28.8 Å². The second-order valence-corrected chi connectivity index (χ2v) is 5.52. The van der Waals surface area contributed by atoms with Crippen molar-refractivity contribution >= 4 is 23.2 Å². The Balaban J connectivity index is 2.09. The van der Waals surface area contributed by atoms with Crippen molar-refractivity contribution in [3.05, 3.63) is 41.3 Å². The van der Waals surface area contributed by atoms with Crippen molar-refractivity contribution in [2.75, 3.05) is 16.8 Å². The normalized spacial score (nSPS) is 17.7. The van der Waals surface area contributed by atoms with Crippen LogP contribution in [0.5, 0.6) is 0 Å². The lowest BCUT2D eigenvalue weighted by Crippen LogP contribution is -2.36. The molecule has 2 aromatic rings. The highest BCUT2D eigenvalue weighted by Crippen LogP contribution is 2.31. The van der Waals surface area contributed by atoms with Crippen LogP contribution < -0.4 is 10.2 Å². The van der Waals surface area contributed by atoms with E-state index in [0.29, 0.717) is 34.9 Å². The molecule has 2 amide bonds. The molecule has 1 N–H and O–H groups in total. The second-order valence-electron chi connectivity index (χ2n) is 5.52. The van der Waals surface area contributed by atoms with Gasteiger partial charge in [-0.2, -0.15) is 0 Å². The molecule has 1 atom stereocenters. The van der Waals surface area contributed by atoms with Gasteiger partial charge < -0.3 is 14.7 Å². The quantitative estimate of drug-likeness (QED) is 0.878. The molecule has 1 aliphatic heterocycles. The van der Waals surface area contributed by atoms with Crippen molar-refractivity contribution in [1.29, 1.82) is 0 Å². The van der Waals surface area contributed by atoms with Crippen LogP contribution in [0.2, 0.25) is 0 Å². The van der Waals surface area contributed by atoms with Crippen LogP contribution in [0.3, 0.4) is 0 Å². The largest absolute Gasteiger partial charge is 0.361 e. The van der Waals surface area contributed by atoms with E-state index in [0.717, 1.165) is 0 Å². The number of amides is 2. The van der Waals surface area contributed by atoms with Crippen LogP contribution in [0, 0.1) is 19.8 Å². The third kappa shape index (κ3) is 2.26. The van der Waals surface area contributed by atoms with Gasteiger partial charge in [-0.15, -0.1) is 0 Å². The van der Waals surface area contributed by atoms with Gasteiger partial charge in [0, 0.05) is 6.54 Å². The number of anilines is 2. The maximum absolute atomic E-state index is 13.0. The molecule has 1 aromatic carbocycles. The highest BCUT2D eigenvalue weighted by atomic mass is 16.5. The van der Waals surface area contributed by atoms with Gasteiger partial charge in [0.05, 0.1) is 23.0 Å². The van der Waals surface area contributed by atoms with Crippen LogP contribution >= 0.6 is 0 Å². The highest BCUT2D eigenvalue weighted by Gasteiger charge is 2.31. The zero-order valence-corrected chi connectivity index (χ0v) is 12.7. The Morgan fingerprint density at radius 1 is 1.36 bits per heavy atom. The van der Waals surface area contributed by atoms with Crippen LogP contribution in [0.25, 0.3) is 0 Å². The van der Waals surface area contributed by atoms with E-state index >= 15 is 0 Å². The molecule has 3 rings (SSSR count). The molecule has 0 spiro atoms. The Morgan fingerprint density at radius 3 is 2.77 bits per heavy atom. The van der Waals surface area contributed by atoms with Gasteiger partial charge in [-0.05, 0) is 26.0 Å². The molecule has 114 valence electrons. The fourth-order valence-electron chi connectivity index (χ4n) is 2.64. The molecule has 6 heteroatoms. The summed E-state index contributed by atoms with van der Waals surface area (Å²) in [6.45, 7) is 5.56. The molecule has 0 fully saturated rings. The number of rotatable bonds is 1. The zero-order chi connectivity index (χ0) is 15.9. The van der Waals surface area contributed by atoms with Gasteiger partial charge >= 0.3 is 0 Å². The van der Waals surface area contributed by atoms with Crippen molar-refractivity contribution in [2.45, 2.75) is 20.8 Å². The number of benzene rings is 1. The zero-order valence-electron chi connectivity index (χ0n) is 12.7. The van der Waals surface area contributed by atoms with Crippen molar-refractivity contribution < 1.29 is 14.1 Å². The van der Waals surface area contributed by atoms with E-state index in [4.69, 9.17) is 4.52 Å². The van der Waals surface area contributed by atoms with Gasteiger partial charge in [0.2, 0.25) is 5.91 Å². The van der Waals surface area contributed by atoms with E-state index in [1.807, 2.05) is 18.2 Å². The molecule has 1 aromatic heterocycles. The summed E-state index contributed by atoms with van der Waals surface area (Å²) in [6, 6.07) is 7.28. The fraction of sp³-hybridized carbons (Fsp3) is 0.312. The Hall–Kier alpha value is -2.63. The van der Waals surface area contributed by atoms with Gasteiger partial charge in [0.25, 0.3) is 5.91 Å². The number of para-hydroxylation sites is 2. The highest BCUT2D eigenvalue weighted by molar-refractivity contribution is 6.11. The Kier molecular flexibility index (Phi) is 3.44. The number of nitrogens with zero attached hydrogens (tertiary/aromatic N) is 2. The van der Waals surface area contributed by atoms with E-state index in [9.17, 15) is 9.59 Å². The average Bonchev–Trinajstić information content (AvgIpc) is 2.76. The third-order valence-corrected chi connectivity index (χ3v) is 3.85. The lowest BCUT2D eigenvalue weighted by atomic mass is 10.1. The van der Waals surface area contributed by atoms with Gasteiger partial charge in [0.1, 0.15) is 11.3 Å². The molecular formula is C16H17N3O3. The van der Waals surface area contributed by atoms with Gasteiger partial charge in [-0.1, -0.05) is 24.2 Å². The number of aryl methyl sites for hydroxylation is 2. The Morgan fingerprint density at radius 2 is 2.09 bits per heavy atom. The van der Waals surface area contributed by atoms with E-state index in [1.54, 1.807) is 31.7 Å². The van der Waals surface area contributed by atoms with Crippen molar-refractivity contribution in [3.8, 4) is 0 Å². The van der Waals surface area contributed by atoms with Crippen molar-refractivity contribution in [1.82, 2.24) is 5.16 Å². The minimum Gasteiger partial charge on any atom is -0.361 e. The molecule has 1 aliphatic rings. The topological polar surface area (TPSA) is 75.4 Å². The molecule has 0 radical (unpaired) electrons. The number of nitrogens with one attached hydrogen (secondary N) is 1. The van der Waals surface area contributed by atoms with Crippen molar-refractivity contribution in [3.63, 3.8) is 0 Å². The number of aromatic nitrogens is 1. The molecule has 2 heterocycles. The Bertz CT molecular complexity index is 731. The summed E-state index contributed by atoms with van der Waals surface area (Å²) in [7, 11) is 0. The summed E-state index contributed by atoms with van der Waals surface area (Å²) < 4.78 is 5.09. The number of hydrogen-bond donors (Lipinski definition) is 1. The SMILES string of the molecule is Cc1noc(C)c1C(=O)N1CC(C)C(=O)Nc2ccccc21. The van der Waals surface area contributed by atoms with E-state index in [-0.39, 0.29) is 17.7 Å². The summed E-state index contributed by atoms with van der Waals surface area (Å²) in [4.78, 5) is 26.7. The van der Waals surface area contributed by atoms with Gasteiger partial charge in [-0.25, -0.2) is 0 Å². The molecule has 22 heavy (non-hydrogen) atoms. The molecular weight excluding hydrogens is 282 g/mol. The monoisotopic (exact) mass is 299 g/mol. The van der Waals surface area contributed by atoms with Crippen LogP contribution in [0.4, 0.5) is 11.4 Å². The minimum absolute atomic E-state index is 0.0958. The smallest absolute Gasteiger partial charge is 0.263 e. The second kappa shape index (κ2) is 5.29. The summed E-state index contributed by atoms with van der Waals surface area (Å²) in [5.41, 5.74) is 2.33. The first-order valence-corrected chi connectivity index (χ1v) is 7.13. The number of carbonyl (C=O) groups is 2. The first-order chi connectivity index (χ1) is 10.5. The summed E-state index contributed by atoms with van der Waals surface area (Å²) in [5.74, 6) is -0.124. The number of hydrogen-bond acceptors (Lipinski definition) is 4. The molecule has 0 saturated heterocycles. The maximum Gasteiger partial charge on any atom is 0.263 e.